The molecule has 23 heavy (non-hydrogen) atoms. The van der Waals surface area contributed by atoms with Gasteiger partial charge in [-0.3, -0.25) is 9.59 Å². The highest BCUT2D eigenvalue weighted by Gasteiger charge is 2.60. The molecule has 0 heterocycles. The molecule has 0 radical (unpaired) electrons. The van der Waals surface area contributed by atoms with Crippen molar-refractivity contribution < 1.29 is 9.59 Å². The second-order valence-corrected chi connectivity index (χ2v) is 9.85. The van der Waals surface area contributed by atoms with E-state index in [0.29, 0.717) is 29.3 Å². The topological polar surface area (TPSA) is 34.1 Å². The van der Waals surface area contributed by atoms with E-state index >= 15 is 0 Å². The molecule has 2 heteroatoms. The number of carbonyl (C=O) groups excluding carboxylic acids is 2. The number of carbonyl (C=O) groups is 2. The highest BCUT2D eigenvalue weighted by molar-refractivity contribution is 5.96. The fourth-order valence-corrected chi connectivity index (χ4v) is 6.94. The lowest BCUT2D eigenvalue weighted by Crippen LogP contribution is -2.52. The van der Waals surface area contributed by atoms with Gasteiger partial charge in [0.15, 0.2) is 5.78 Å². The molecule has 5 atom stereocenters. The minimum absolute atomic E-state index is 0.0429. The Labute approximate surface area is 140 Å². The highest BCUT2D eigenvalue weighted by Crippen LogP contribution is 2.65. The number of rotatable bonds is 0. The largest absolute Gasteiger partial charge is 0.299 e. The van der Waals surface area contributed by atoms with Crippen LogP contribution in [0.4, 0.5) is 0 Å². The molecular formula is C21H30O2. The summed E-state index contributed by atoms with van der Waals surface area (Å²) in [6.07, 6.45) is 9.38. The molecule has 0 aliphatic heterocycles. The van der Waals surface area contributed by atoms with Gasteiger partial charge in [0.25, 0.3) is 0 Å². The minimum atomic E-state index is -0.230. The maximum atomic E-state index is 12.5. The molecule has 4 rings (SSSR count). The second kappa shape index (κ2) is 4.58. The SMILES string of the molecule is CC1(C)C[C@@]2(C)C(=CC1=O)CCC1C2CC[C@]2(C)C(=O)CCC12. The van der Waals surface area contributed by atoms with E-state index in [1.807, 2.05) is 6.08 Å². The van der Waals surface area contributed by atoms with Crippen molar-refractivity contribution in [3.05, 3.63) is 11.6 Å². The number of hydrogen-bond acceptors (Lipinski definition) is 2. The normalized spacial score (nSPS) is 48.3. The standard InChI is InChI=1S/C21H30O2/c1-19(2)12-21(4)13(11-18(19)23)5-6-14-15-7-8-17(22)20(15,3)10-9-16(14)21/h11,14-16H,5-10,12H2,1-4H3/t14?,15?,16?,20-,21-/m0/s1. The highest BCUT2D eigenvalue weighted by atomic mass is 16.1. The zero-order valence-electron chi connectivity index (χ0n) is 15.1. The van der Waals surface area contributed by atoms with Gasteiger partial charge in [0.1, 0.15) is 5.78 Å². The average Bonchev–Trinajstić information content (AvgIpc) is 2.76. The summed E-state index contributed by atoms with van der Waals surface area (Å²) in [7, 11) is 0. The van der Waals surface area contributed by atoms with E-state index in [9.17, 15) is 9.59 Å². The lowest BCUT2D eigenvalue weighted by atomic mass is 9.45. The molecule has 2 nitrogen and oxygen atoms in total. The van der Waals surface area contributed by atoms with Gasteiger partial charge < -0.3 is 0 Å². The van der Waals surface area contributed by atoms with Gasteiger partial charge in [0.2, 0.25) is 0 Å². The first-order valence-electron chi connectivity index (χ1n) is 9.47. The van der Waals surface area contributed by atoms with Crippen LogP contribution in [0, 0.1) is 34.0 Å². The zero-order valence-corrected chi connectivity index (χ0v) is 15.1. The third-order valence-electron chi connectivity index (χ3n) is 8.23. The molecule has 0 spiro atoms. The van der Waals surface area contributed by atoms with E-state index in [2.05, 4.69) is 27.7 Å². The summed E-state index contributed by atoms with van der Waals surface area (Å²) < 4.78 is 0. The van der Waals surface area contributed by atoms with Crippen molar-refractivity contribution in [2.24, 2.45) is 34.0 Å². The van der Waals surface area contributed by atoms with Crippen LogP contribution >= 0.6 is 0 Å². The Kier molecular flexibility index (Phi) is 3.11. The summed E-state index contributed by atoms with van der Waals surface area (Å²) in [6, 6.07) is 0. The Morgan fingerprint density at radius 3 is 2.35 bits per heavy atom. The van der Waals surface area contributed by atoms with Crippen LogP contribution in [0.5, 0.6) is 0 Å². The van der Waals surface area contributed by atoms with Crippen molar-refractivity contribution in [1.82, 2.24) is 0 Å². The summed E-state index contributed by atoms with van der Waals surface area (Å²) in [4.78, 5) is 24.9. The lowest BCUT2D eigenvalue weighted by molar-refractivity contribution is -0.134. The van der Waals surface area contributed by atoms with Crippen LogP contribution in [0.1, 0.15) is 72.6 Å². The third kappa shape index (κ3) is 1.93. The summed E-state index contributed by atoms with van der Waals surface area (Å²) >= 11 is 0. The molecule has 3 unspecified atom stereocenters. The lowest BCUT2D eigenvalue weighted by Gasteiger charge is -2.58. The molecule has 0 N–H and O–H groups in total. The van der Waals surface area contributed by atoms with Crippen molar-refractivity contribution >= 4 is 11.6 Å². The summed E-state index contributed by atoms with van der Waals surface area (Å²) in [6.45, 7) is 8.89. The van der Waals surface area contributed by atoms with Crippen LogP contribution in [0.15, 0.2) is 11.6 Å². The number of ketones is 2. The smallest absolute Gasteiger partial charge is 0.161 e. The van der Waals surface area contributed by atoms with Crippen molar-refractivity contribution in [3.8, 4) is 0 Å². The maximum absolute atomic E-state index is 12.5. The molecule has 0 amide bonds. The minimum Gasteiger partial charge on any atom is -0.299 e. The van der Waals surface area contributed by atoms with E-state index in [1.54, 1.807) is 0 Å². The van der Waals surface area contributed by atoms with Crippen molar-refractivity contribution in [2.45, 2.75) is 72.6 Å². The molecule has 0 aromatic heterocycles. The van der Waals surface area contributed by atoms with Crippen LogP contribution in [0.25, 0.3) is 0 Å². The van der Waals surface area contributed by atoms with Gasteiger partial charge in [-0.05, 0) is 67.8 Å². The van der Waals surface area contributed by atoms with Crippen LogP contribution in [0.3, 0.4) is 0 Å². The van der Waals surface area contributed by atoms with Gasteiger partial charge >= 0.3 is 0 Å². The number of allylic oxidation sites excluding steroid dienone is 1. The van der Waals surface area contributed by atoms with E-state index < -0.39 is 0 Å². The molecule has 0 bridgehead atoms. The molecule has 0 saturated heterocycles. The Hall–Kier alpha value is -0.920. The molecule has 0 aromatic rings. The Balaban J connectivity index is 1.73. The molecule has 3 fully saturated rings. The fourth-order valence-electron chi connectivity index (χ4n) is 6.94. The molecule has 4 aliphatic carbocycles. The van der Waals surface area contributed by atoms with Crippen LogP contribution < -0.4 is 0 Å². The van der Waals surface area contributed by atoms with E-state index in [-0.39, 0.29) is 16.2 Å². The predicted molar refractivity (Wildman–Crippen MR) is 90.9 cm³/mol. The second-order valence-electron chi connectivity index (χ2n) is 9.85. The average molecular weight is 314 g/mol. The molecular weight excluding hydrogens is 284 g/mol. The molecule has 4 aliphatic rings. The van der Waals surface area contributed by atoms with Crippen molar-refractivity contribution in [3.63, 3.8) is 0 Å². The van der Waals surface area contributed by atoms with E-state index in [4.69, 9.17) is 0 Å². The number of Topliss-reactive ketones (excluding diaryl/α,β-unsaturated/α-hetero) is 1. The third-order valence-corrected chi connectivity index (χ3v) is 8.23. The van der Waals surface area contributed by atoms with Gasteiger partial charge in [-0.2, -0.15) is 0 Å². The molecule has 0 aromatic carbocycles. The maximum Gasteiger partial charge on any atom is 0.161 e. The molecule has 126 valence electrons. The van der Waals surface area contributed by atoms with Gasteiger partial charge in [-0.25, -0.2) is 0 Å². The van der Waals surface area contributed by atoms with Crippen molar-refractivity contribution in [2.75, 3.05) is 0 Å². The quantitative estimate of drug-likeness (QED) is 0.648. The first-order valence-corrected chi connectivity index (χ1v) is 9.47. The van der Waals surface area contributed by atoms with Crippen molar-refractivity contribution in [1.29, 1.82) is 0 Å². The van der Waals surface area contributed by atoms with Gasteiger partial charge in [0, 0.05) is 17.3 Å². The van der Waals surface area contributed by atoms with Gasteiger partial charge in [-0.1, -0.05) is 33.3 Å². The van der Waals surface area contributed by atoms with Crippen LogP contribution in [-0.2, 0) is 9.59 Å². The predicted octanol–water partition coefficient (Wildman–Crippen LogP) is 4.72. The monoisotopic (exact) mass is 314 g/mol. The number of hydrogen-bond donors (Lipinski definition) is 0. The Bertz CT molecular complexity index is 613. The summed E-state index contributed by atoms with van der Waals surface area (Å²) in [5.74, 6) is 2.78. The molecule has 3 saturated carbocycles. The first-order chi connectivity index (χ1) is 10.7. The van der Waals surface area contributed by atoms with Crippen LogP contribution in [0.2, 0.25) is 0 Å². The van der Waals surface area contributed by atoms with E-state index in [0.717, 1.165) is 32.1 Å². The Morgan fingerprint density at radius 2 is 1.61 bits per heavy atom. The fraction of sp³-hybridized carbons (Fsp3) is 0.810. The zero-order chi connectivity index (χ0) is 16.6. The van der Waals surface area contributed by atoms with Gasteiger partial charge in [0.05, 0.1) is 0 Å². The van der Waals surface area contributed by atoms with Gasteiger partial charge in [-0.15, -0.1) is 0 Å². The Morgan fingerprint density at radius 1 is 0.913 bits per heavy atom. The number of fused-ring (bicyclic) bond motifs is 5. The first kappa shape index (κ1) is 15.6. The summed E-state index contributed by atoms with van der Waals surface area (Å²) in [5, 5.41) is 0. The van der Waals surface area contributed by atoms with E-state index in [1.165, 1.54) is 18.4 Å². The van der Waals surface area contributed by atoms with Crippen LogP contribution in [-0.4, -0.2) is 11.6 Å². The summed E-state index contributed by atoms with van der Waals surface area (Å²) in [5.41, 5.74) is 1.31.